The van der Waals surface area contributed by atoms with E-state index in [2.05, 4.69) is 10.4 Å². The molecule has 0 aliphatic carbocycles. The van der Waals surface area contributed by atoms with Crippen LogP contribution in [-0.4, -0.2) is 46.3 Å². The van der Waals surface area contributed by atoms with E-state index in [1.165, 1.54) is 0 Å². The summed E-state index contributed by atoms with van der Waals surface area (Å²) < 4.78 is 7.58. The topological polar surface area (TPSA) is 76.5 Å². The van der Waals surface area contributed by atoms with Gasteiger partial charge in [0.1, 0.15) is 6.61 Å². The molecular weight excluding hydrogens is 392 g/mol. The molecule has 0 radical (unpaired) electrons. The van der Waals surface area contributed by atoms with Crippen LogP contribution in [0.5, 0.6) is 0 Å². The van der Waals surface area contributed by atoms with Gasteiger partial charge in [0.05, 0.1) is 12.6 Å². The fourth-order valence-electron chi connectivity index (χ4n) is 3.96. The molecule has 1 aliphatic rings. The fraction of sp³-hybridized carbons (Fsp3) is 0.292. The molecule has 4 rings (SSSR count). The zero-order valence-corrected chi connectivity index (χ0v) is 17.7. The number of nitrogens with zero attached hydrogens (tertiary/aromatic N) is 3. The summed E-state index contributed by atoms with van der Waals surface area (Å²) in [5.74, 6) is -0.372. The Labute approximate surface area is 181 Å². The van der Waals surface area contributed by atoms with Gasteiger partial charge in [0.15, 0.2) is 6.10 Å². The van der Waals surface area contributed by atoms with Crippen LogP contribution in [0.2, 0.25) is 0 Å². The Kier molecular flexibility index (Phi) is 6.13. The molecule has 0 bridgehead atoms. The quantitative estimate of drug-likeness (QED) is 0.667. The summed E-state index contributed by atoms with van der Waals surface area (Å²) in [5, 5.41) is 7.27. The number of nitrogens with one attached hydrogen (secondary N) is 1. The number of morpholine rings is 1. The Hall–Kier alpha value is -3.45. The van der Waals surface area contributed by atoms with E-state index in [0.29, 0.717) is 13.1 Å². The van der Waals surface area contributed by atoms with Crippen LogP contribution < -0.4 is 5.32 Å². The van der Waals surface area contributed by atoms with Crippen LogP contribution in [-0.2, 0) is 27.4 Å². The van der Waals surface area contributed by atoms with Crippen molar-refractivity contribution in [2.45, 2.75) is 32.2 Å². The van der Waals surface area contributed by atoms with E-state index >= 15 is 0 Å². The number of aromatic nitrogens is 2. The van der Waals surface area contributed by atoms with Crippen molar-refractivity contribution in [2.75, 3.05) is 13.7 Å². The number of hydrogen-bond acceptors (Lipinski definition) is 4. The minimum Gasteiger partial charge on any atom is -0.356 e. The first-order valence-electron chi connectivity index (χ1n) is 10.3. The third-order valence-corrected chi connectivity index (χ3v) is 5.71. The van der Waals surface area contributed by atoms with Gasteiger partial charge in [0.25, 0.3) is 5.91 Å². The van der Waals surface area contributed by atoms with Gasteiger partial charge in [-0.2, -0.15) is 5.10 Å². The van der Waals surface area contributed by atoms with Gasteiger partial charge in [0, 0.05) is 26.0 Å². The second-order valence-electron chi connectivity index (χ2n) is 7.73. The van der Waals surface area contributed by atoms with Crippen LogP contribution in [0.1, 0.15) is 28.3 Å². The molecule has 0 spiro atoms. The highest BCUT2D eigenvalue weighted by Crippen LogP contribution is 2.31. The van der Waals surface area contributed by atoms with Crippen molar-refractivity contribution < 1.29 is 14.3 Å². The normalized spacial score (nSPS) is 18.8. The summed E-state index contributed by atoms with van der Waals surface area (Å²) in [6.45, 7) is 2.87. The van der Waals surface area contributed by atoms with Crippen LogP contribution in [0.25, 0.3) is 0 Å². The molecule has 0 saturated carbocycles. The van der Waals surface area contributed by atoms with Crippen molar-refractivity contribution in [3.63, 3.8) is 0 Å². The van der Waals surface area contributed by atoms with Crippen molar-refractivity contribution in [3.05, 3.63) is 89.2 Å². The molecule has 1 fully saturated rings. The van der Waals surface area contributed by atoms with E-state index in [9.17, 15) is 9.59 Å². The third-order valence-electron chi connectivity index (χ3n) is 5.71. The lowest BCUT2D eigenvalue weighted by Crippen LogP contribution is -2.53. The molecule has 1 N–H and O–H groups in total. The molecule has 1 aliphatic heterocycles. The van der Waals surface area contributed by atoms with Crippen LogP contribution in [0.4, 0.5) is 0 Å². The molecule has 2 aromatic carbocycles. The molecule has 2 amide bonds. The lowest BCUT2D eigenvalue weighted by molar-refractivity contribution is -0.162. The van der Waals surface area contributed by atoms with E-state index in [1.54, 1.807) is 18.1 Å². The summed E-state index contributed by atoms with van der Waals surface area (Å²) >= 11 is 0. The van der Waals surface area contributed by atoms with Crippen LogP contribution in [0.3, 0.4) is 0 Å². The van der Waals surface area contributed by atoms with Crippen molar-refractivity contribution in [1.82, 2.24) is 20.0 Å². The average Bonchev–Trinajstić information content (AvgIpc) is 3.28. The SMILES string of the molecule is Cc1ccccc1[C@@H]1[C@@H](C(=O)NCc2ccccc2Cn2cccn2)OCC(=O)N1C. The molecule has 3 aromatic rings. The maximum absolute atomic E-state index is 13.2. The minimum absolute atomic E-state index is 0.104. The van der Waals surface area contributed by atoms with Crippen LogP contribution in [0, 0.1) is 6.92 Å². The lowest BCUT2D eigenvalue weighted by Gasteiger charge is -2.39. The summed E-state index contributed by atoms with van der Waals surface area (Å²) in [4.78, 5) is 27.1. The molecular formula is C24H26N4O3. The van der Waals surface area contributed by atoms with Gasteiger partial charge >= 0.3 is 0 Å². The van der Waals surface area contributed by atoms with Gasteiger partial charge in [-0.25, -0.2) is 0 Å². The van der Waals surface area contributed by atoms with Gasteiger partial charge < -0.3 is 15.0 Å². The lowest BCUT2D eigenvalue weighted by atomic mass is 9.94. The number of rotatable bonds is 6. The number of carbonyl (C=O) groups is 2. The maximum Gasteiger partial charge on any atom is 0.251 e. The molecule has 31 heavy (non-hydrogen) atoms. The molecule has 1 saturated heterocycles. The van der Waals surface area contributed by atoms with Crippen molar-refractivity contribution in [3.8, 4) is 0 Å². The number of benzene rings is 2. The minimum atomic E-state index is -0.776. The van der Waals surface area contributed by atoms with Crippen molar-refractivity contribution in [2.24, 2.45) is 0 Å². The summed E-state index contributed by atoms with van der Waals surface area (Å²) in [5.41, 5.74) is 4.02. The molecule has 1 aromatic heterocycles. The Morgan fingerprint density at radius 1 is 1.13 bits per heavy atom. The van der Waals surface area contributed by atoms with Crippen LogP contribution in [0.15, 0.2) is 67.0 Å². The first-order valence-corrected chi connectivity index (χ1v) is 10.3. The van der Waals surface area contributed by atoms with Gasteiger partial charge in [-0.1, -0.05) is 48.5 Å². The van der Waals surface area contributed by atoms with Crippen molar-refractivity contribution in [1.29, 1.82) is 0 Å². The number of amides is 2. The predicted molar refractivity (Wildman–Crippen MR) is 116 cm³/mol. The fourth-order valence-corrected chi connectivity index (χ4v) is 3.96. The van der Waals surface area contributed by atoms with E-state index in [1.807, 2.05) is 72.4 Å². The zero-order chi connectivity index (χ0) is 21.8. The highest BCUT2D eigenvalue weighted by Gasteiger charge is 2.40. The maximum atomic E-state index is 13.2. The average molecular weight is 418 g/mol. The van der Waals surface area contributed by atoms with Crippen LogP contribution >= 0.6 is 0 Å². The number of hydrogen-bond donors (Lipinski definition) is 1. The summed E-state index contributed by atoms with van der Waals surface area (Å²) in [6, 6.07) is 17.1. The van der Waals surface area contributed by atoms with Gasteiger partial charge in [-0.05, 0) is 35.2 Å². The number of likely N-dealkylation sites (N-methyl/N-ethyl adjacent to an activating group) is 1. The molecule has 2 atom stereocenters. The van der Waals surface area contributed by atoms with E-state index in [-0.39, 0.29) is 18.4 Å². The zero-order valence-electron chi connectivity index (χ0n) is 17.7. The second kappa shape index (κ2) is 9.14. The summed E-state index contributed by atoms with van der Waals surface area (Å²) in [6.07, 6.45) is 2.88. The standard InChI is InChI=1S/C24H26N4O3/c1-17-8-3-6-11-20(17)22-23(31-16-21(29)27(22)2)24(30)25-14-18-9-4-5-10-19(18)15-28-13-7-12-26-28/h3-13,22-23H,14-16H2,1-2H3,(H,25,30)/t22-,23+/m1/s1. The number of ether oxygens (including phenoxy) is 1. The first-order chi connectivity index (χ1) is 15.0. The Morgan fingerprint density at radius 3 is 2.61 bits per heavy atom. The number of aryl methyl sites for hydroxylation is 1. The highest BCUT2D eigenvalue weighted by molar-refractivity contribution is 5.86. The number of carbonyl (C=O) groups excluding carboxylic acids is 2. The first kappa shape index (κ1) is 20.8. The summed E-state index contributed by atoms with van der Waals surface area (Å²) in [7, 11) is 1.72. The predicted octanol–water partition coefficient (Wildman–Crippen LogP) is 2.45. The monoisotopic (exact) mass is 418 g/mol. The second-order valence-corrected chi connectivity index (χ2v) is 7.73. The van der Waals surface area contributed by atoms with E-state index in [4.69, 9.17) is 4.74 Å². The largest absolute Gasteiger partial charge is 0.356 e. The Balaban J connectivity index is 1.51. The molecule has 0 unspecified atom stereocenters. The smallest absolute Gasteiger partial charge is 0.251 e. The molecule has 7 nitrogen and oxygen atoms in total. The highest BCUT2D eigenvalue weighted by atomic mass is 16.5. The molecule has 2 heterocycles. The van der Waals surface area contributed by atoms with Crippen molar-refractivity contribution >= 4 is 11.8 Å². The third kappa shape index (κ3) is 4.51. The Bertz CT molecular complexity index is 1060. The molecule has 160 valence electrons. The van der Waals surface area contributed by atoms with E-state index < -0.39 is 12.1 Å². The van der Waals surface area contributed by atoms with E-state index in [0.717, 1.165) is 22.3 Å². The molecule has 7 heteroatoms. The van der Waals surface area contributed by atoms with Gasteiger partial charge in [-0.3, -0.25) is 14.3 Å². The van der Waals surface area contributed by atoms with Gasteiger partial charge in [-0.15, -0.1) is 0 Å². The van der Waals surface area contributed by atoms with Gasteiger partial charge in [0.2, 0.25) is 5.91 Å². The Morgan fingerprint density at radius 2 is 1.87 bits per heavy atom.